The van der Waals surface area contributed by atoms with Gasteiger partial charge in [0.1, 0.15) is 24.5 Å². The summed E-state index contributed by atoms with van der Waals surface area (Å²) in [4.78, 5) is 10.3. The molecule has 0 aliphatic carbocycles. The molecule has 2 aromatic heterocycles. The molecule has 3 aromatic rings. The van der Waals surface area contributed by atoms with E-state index in [0.717, 1.165) is 38.3 Å². The number of H-pyrrole nitrogens is 1. The lowest BCUT2D eigenvalue weighted by Gasteiger charge is -2.12. The van der Waals surface area contributed by atoms with Crippen molar-refractivity contribution in [1.82, 2.24) is 20.2 Å². The van der Waals surface area contributed by atoms with Crippen LogP contribution >= 0.6 is 11.3 Å². The first-order chi connectivity index (χ1) is 11.7. The van der Waals surface area contributed by atoms with Crippen molar-refractivity contribution in [2.45, 2.75) is 32.3 Å². The van der Waals surface area contributed by atoms with Crippen LogP contribution in [-0.2, 0) is 6.61 Å². The van der Waals surface area contributed by atoms with Crippen LogP contribution in [0.3, 0.4) is 0 Å². The number of nitrogens with one attached hydrogen (secondary N) is 1. The number of ether oxygens (including phenoxy) is 1. The van der Waals surface area contributed by atoms with Gasteiger partial charge < -0.3 is 9.84 Å². The number of aliphatic hydroxyl groups is 1. The number of hydrogen-bond donors (Lipinski definition) is 2. The Morgan fingerprint density at radius 1 is 1.42 bits per heavy atom. The van der Waals surface area contributed by atoms with Crippen molar-refractivity contribution < 1.29 is 9.84 Å². The Hall–Kier alpha value is -2.25. The number of nitrogens with zero attached hydrogens (tertiary/aromatic N) is 3. The number of hydrogen-bond acceptors (Lipinski definition) is 6. The Morgan fingerprint density at radius 3 is 3.00 bits per heavy atom. The molecular formula is C17H18N4O2S. The van der Waals surface area contributed by atoms with Crippen molar-refractivity contribution >= 4 is 11.3 Å². The Labute approximate surface area is 143 Å². The lowest BCUT2D eigenvalue weighted by molar-refractivity contribution is 0.278. The fraction of sp³-hybridized carbons (Fsp3) is 0.353. The summed E-state index contributed by atoms with van der Waals surface area (Å²) in [6, 6.07) is 5.78. The third kappa shape index (κ3) is 2.50. The number of aromatic amines is 1. The zero-order chi connectivity index (χ0) is 16.7. The molecule has 1 unspecified atom stereocenters. The van der Waals surface area contributed by atoms with Gasteiger partial charge in [0.2, 0.25) is 0 Å². The van der Waals surface area contributed by atoms with Crippen LogP contribution in [0, 0.1) is 0 Å². The summed E-state index contributed by atoms with van der Waals surface area (Å²) in [7, 11) is 0. The maximum atomic E-state index is 9.39. The van der Waals surface area contributed by atoms with Crippen molar-refractivity contribution in [1.29, 1.82) is 0 Å². The SMILES string of the molecule is CC(C)c1nc2c(s1)C(c1ncn[nH]1)COc1cc(CO)ccc1-2. The first-order valence-electron chi connectivity index (χ1n) is 7.90. The molecule has 7 heteroatoms. The van der Waals surface area contributed by atoms with Gasteiger partial charge in [0.25, 0.3) is 0 Å². The van der Waals surface area contributed by atoms with E-state index in [0.29, 0.717) is 12.5 Å². The van der Waals surface area contributed by atoms with E-state index in [4.69, 9.17) is 9.72 Å². The van der Waals surface area contributed by atoms with E-state index >= 15 is 0 Å². The molecule has 1 aliphatic heterocycles. The highest BCUT2D eigenvalue weighted by Crippen LogP contribution is 2.44. The van der Waals surface area contributed by atoms with Crippen LogP contribution < -0.4 is 4.74 Å². The highest BCUT2D eigenvalue weighted by Gasteiger charge is 2.31. The molecule has 6 nitrogen and oxygen atoms in total. The van der Waals surface area contributed by atoms with Crippen molar-refractivity contribution in [2.75, 3.05) is 6.61 Å². The summed E-state index contributed by atoms with van der Waals surface area (Å²) in [5.41, 5.74) is 2.74. The van der Waals surface area contributed by atoms with Gasteiger partial charge in [-0.25, -0.2) is 9.97 Å². The van der Waals surface area contributed by atoms with E-state index < -0.39 is 0 Å². The summed E-state index contributed by atoms with van der Waals surface area (Å²) < 4.78 is 6.04. The predicted molar refractivity (Wildman–Crippen MR) is 91.3 cm³/mol. The van der Waals surface area contributed by atoms with Crippen molar-refractivity contribution in [3.05, 3.63) is 45.8 Å². The second-order valence-electron chi connectivity index (χ2n) is 6.14. The van der Waals surface area contributed by atoms with Crippen molar-refractivity contribution in [2.24, 2.45) is 0 Å². The summed E-state index contributed by atoms with van der Waals surface area (Å²) in [6.07, 6.45) is 1.52. The fourth-order valence-corrected chi connectivity index (χ4v) is 4.01. The van der Waals surface area contributed by atoms with Gasteiger partial charge >= 0.3 is 0 Å². The van der Waals surface area contributed by atoms with Gasteiger partial charge in [-0.15, -0.1) is 11.3 Å². The smallest absolute Gasteiger partial charge is 0.137 e. The van der Waals surface area contributed by atoms with Crippen molar-refractivity contribution in [3.63, 3.8) is 0 Å². The van der Waals surface area contributed by atoms with Crippen LogP contribution in [0.4, 0.5) is 0 Å². The standard InChI is InChI=1S/C17H18N4O2S/c1-9(2)17-20-14-11-4-3-10(6-22)5-13(11)23-7-12(15(14)24-17)16-18-8-19-21-16/h3-5,8-9,12,22H,6-7H2,1-2H3,(H,18,19,21). The molecule has 0 amide bonds. The summed E-state index contributed by atoms with van der Waals surface area (Å²) in [5.74, 6) is 1.87. The number of fused-ring (bicyclic) bond motifs is 3. The quantitative estimate of drug-likeness (QED) is 0.764. The number of thiazole rings is 1. The minimum absolute atomic E-state index is 0.0106. The Morgan fingerprint density at radius 2 is 2.29 bits per heavy atom. The van der Waals surface area contributed by atoms with E-state index in [1.165, 1.54) is 6.33 Å². The Kier molecular flexibility index (Phi) is 3.82. The van der Waals surface area contributed by atoms with Crippen LogP contribution in [0.25, 0.3) is 11.3 Å². The zero-order valence-corrected chi connectivity index (χ0v) is 14.3. The van der Waals surface area contributed by atoms with Crippen LogP contribution in [-0.4, -0.2) is 31.9 Å². The average molecular weight is 342 g/mol. The van der Waals surface area contributed by atoms with Gasteiger partial charge in [-0.3, -0.25) is 5.10 Å². The first kappa shape index (κ1) is 15.3. The molecule has 1 atom stereocenters. The normalized spacial score (nSPS) is 16.4. The van der Waals surface area contributed by atoms with Crippen LogP contribution in [0.5, 0.6) is 5.75 Å². The molecule has 4 rings (SSSR count). The Balaban J connectivity index is 1.90. The topological polar surface area (TPSA) is 83.9 Å². The van der Waals surface area contributed by atoms with Gasteiger partial charge in [0.05, 0.1) is 23.2 Å². The molecule has 124 valence electrons. The lowest BCUT2D eigenvalue weighted by atomic mass is 10.0. The second kappa shape index (κ2) is 5.99. The van der Waals surface area contributed by atoms with E-state index in [9.17, 15) is 5.11 Å². The highest BCUT2D eigenvalue weighted by molar-refractivity contribution is 7.12. The Bertz CT molecular complexity index is 858. The van der Waals surface area contributed by atoms with E-state index in [1.54, 1.807) is 11.3 Å². The van der Waals surface area contributed by atoms with Gasteiger partial charge in [0.15, 0.2) is 0 Å². The van der Waals surface area contributed by atoms with Gasteiger partial charge in [-0.05, 0) is 17.7 Å². The molecule has 0 radical (unpaired) electrons. The summed E-state index contributed by atoms with van der Waals surface area (Å²) in [6.45, 7) is 4.74. The van der Waals surface area contributed by atoms with E-state index in [2.05, 4.69) is 29.0 Å². The molecule has 0 saturated carbocycles. The molecular weight excluding hydrogens is 324 g/mol. The van der Waals surface area contributed by atoms with Crippen LogP contribution in [0.15, 0.2) is 24.5 Å². The van der Waals surface area contributed by atoms with E-state index in [-0.39, 0.29) is 12.5 Å². The largest absolute Gasteiger partial charge is 0.492 e. The monoisotopic (exact) mass is 342 g/mol. The lowest BCUT2D eigenvalue weighted by Crippen LogP contribution is -2.11. The fourth-order valence-electron chi connectivity index (χ4n) is 2.84. The van der Waals surface area contributed by atoms with Crippen LogP contribution in [0.2, 0.25) is 0 Å². The van der Waals surface area contributed by atoms with Gasteiger partial charge in [-0.1, -0.05) is 19.9 Å². The maximum Gasteiger partial charge on any atom is 0.137 e. The molecule has 2 N–H and O–H groups in total. The number of aliphatic hydroxyl groups excluding tert-OH is 1. The van der Waals surface area contributed by atoms with Crippen LogP contribution in [0.1, 0.15) is 47.0 Å². The predicted octanol–water partition coefficient (Wildman–Crippen LogP) is 3.07. The number of rotatable bonds is 3. The third-order valence-electron chi connectivity index (χ3n) is 4.13. The highest BCUT2D eigenvalue weighted by atomic mass is 32.1. The minimum atomic E-state index is -0.0301. The van der Waals surface area contributed by atoms with Gasteiger partial charge in [-0.2, -0.15) is 5.10 Å². The van der Waals surface area contributed by atoms with E-state index in [1.807, 2.05) is 18.2 Å². The van der Waals surface area contributed by atoms with Gasteiger partial charge in [0, 0.05) is 16.4 Å². The molecule has 3 heterocycles. The number of aromatic nitrogens is 4. The molecule has 1 aliphatic rings. The first-order valence-corrected chi connectivity index (χ1v) is 8.72. The van der Waals surface area contributed by atoms with Crippen molar-refractivity contribution in [3.8, 4) is 17.0 Å². The minimum Gasteiger partial charge on any atom is -0.492 e. The summed E-state index contributed by atoms with van der Waals surface area (Å²) in [5, 5.41) is 17.4. The maximum absolute atomic E-state index is 9.39. The zero-order valence-electron chi connectivity index (χ0n) is 13.5. The molecule has 0 saturated heterocycles. The molecule has 0 spiro atoms. The second-order valence-corrected chi connectivity index (χ2v) is 7.20. The molecule has 24 heavy (non-hydrogen) atoms. The number of benzene rings is 1. The third-order valence-corrected chi connectivity index (χ3v) is 5.60. The molecule has 0 bridgehead atoms. The average Bonchev–Trinajstić information content (AvgIpc) is 3.23. The molecule has 0 fully saturated rings. The molecule has 1 aromatic carbocycles. The summed E-state index contributed by atoms with van der Waals surface area (Å²) >= 11 is 1.71.